The number of rotatable bonds is 6. The molecule has 0 N–H and O–H groups in total. The molecule has 0 aromatic heterocycles. The molecule has 1 heterocycles. The average molecular weight is 420 g/mol. The van der Waals surface area contributed by atoms with Gasteiger partial charge in [0.2, 0.25) is 10.0 Å². The third-order valence-electron chi connectivity index (χ3n) is 5.10. The third-order valence-corrected chi connectivity index (χ3v) is 6.91. The van der Waals surface area contributed by atoms with Gasteiger partial charge in [-0.15, -0.1) is 0 Å². The topological polar surface area (TPSA) is 60.9 Å². The zero-order valence-corrected chi connectivity index (χ0v) is 17.7. The summed E-state index contributed by atoms with van der Waals surface area (Å²) in [6.07, 6.45) is 2.08. The number of carbonyl (C=O) groups is 1. The summed E-state index contributed by atoms with van der Waals surface area (Å²) in [6.45, 7) is 1.96. The van der Waals surface area contributed by atoms with Crippen molar-refractivity contribution >= 4 is 21.6 Å². The van der Waals surface area contributed by atoms with Crippen LogP contribution in [0.15, 0.2) is 47.4 Å². The van der Waals surface area contributed by atoms with Gasteiger partial charge in [-0.2, -0.15) is 0 Å². The average Bonchev–Trinajstić information content (AvgIpc) is 3.23. The van der Waals surface area contributed by atoms with Crippen LogP contribution in [0.2, 0.25) is 0 Å². The number of nitrogens with zero attached hydrogens (tertiary/aromatic N) is 3. The first-order valence-corrected chi connectivity index (χ1v) is 11.0. The van der Waals surface area contributed by atoms with E-state index in [0.29, 0.717) is 12.1 Å². The summed E-state index contributed by atoms with van der Waals surface area (Å²) in [6, 6.07) is 10.7. The van der Waals surface area contributed by atoms with Gasteiger partial charge in [0.15, 0.2) is 0 Å². The number of halogens is 1. The van der Waals surface area contributed by atoms with E-state index in [0.717, 1.165) is 41.5 Å². The highest BCUT2D eigenvalue weighted by atomic mass is 32.2. The van der Waals surface area contributed by atoms with E-state index in [4.69, 9.17) is 0 Å². The first kappa shape index (κ1) is 21.3. The standard InChI is InChI=1S/C21H26FN3O3S/c1-23(2)29(27,28)18-10-11-20(25-12-4-5-13-25)19(14-18)21(26)24(3)15-16-6-8-17(22)9-7-16/h6-11,14H,4-5,12-13,15H2,1-3H3. The molecule has 0 aliphatic carbocycles. The Labute approximate surface area is 171 Å². The van der Waals surface area contributed by atoms with E-state index in [1.165, 1.54) is 37.2 Å². The van der Waals surface area contributed by atoms with Crippen LogP contribution in [0.5, 0.6) is 0 Å². The van der Waals surface area contributed by atoms with E-state index in [1.807, 2.05) is 0 Å². The minimum Gasteiger partial charge on any atom is -0.371 e. The molecule has 6 nitrogen and oxygen atoms in total. The molecular weight excluding hydrogens is 393 g/mol. The highest BCUT2D eigenvalue weighted by Crippen LogP contribution is 2.29. The molecule has 0 atom stereocenters. The van der Waals surface area contributed by atoms with Gasteiger partial charge in [0.05, 0.1) is 10.5 Å². The van der Waals surface area contributed by atoms with Crippen molar-refractivity contribution in [2.24, 2.45) is 0 Å². The van der Waals surface area contributed by atoms with Crippen molar-refractivity contribution < 1.29 is 17.6 Å². The van der Waals surface area contributed by atoms with Gasteiger partial charge < -0.3 is 9.80 Å². The number of sulfonamides is 1. The Morgan fingerprint density at radius 2 is 1.66 bits per heavy atom. The van der Waals surface area contributed by atoms with Crippen LogP contribution in [0.1, 0.15) is 28.8 Å². The van der Waals surface area contributed by atoms with Gasteiger partial charge in [-0.25, -0.2) is 17.1 Å². The molecule has 0 unspecified atom stereocenters. The summed E-state index contributed by atoms with van der Waals surface area (Å²) in [5, 5.41) is 0. The molecule has 0 bridgehead atoms. The van der Waals surface area contributed by atoms with Gasteiger partial charge in [0, 0.05) is 46.5 Å². The summed E-state index contributed by atoms with van der Waals surface area (Å²) in [7, 11) is 0.927. The van der Waals surface area contributed by atoms with Crippen molar-refractivity contribution in [1.29, 1.82) is 0 Å². The first-order chi connectivity index (χ1) is 13.7. The van der Waals surface area contributed by atoms with E-state index in [1.54, 1.807) is 31.3 Å². The zero-order chi connectivity index (χ0) is 21.2. The maximum Gasteiger partial charge on any atom is 0.256 e. The van der Waals surface area contributed by atoms with E-state index >= 15 is 0 Å². The van der Waals surface area contributed by atoms with Crippen molar-refractivity contribution in [2.75, 3.05) is 39.1 Å². The fourth-order valence-corrected chi connectivity index (χ4v) is 4.36. The summed E-state index contributed by atoms with van der Waals surface area (Å²) in [5.74, 6) is -0.604. The van der Waals surface area contributed by atoms with Crippen LogP contribution in [0, 0.1) is 5.82 Å². The van der Waals surface area contributed by atoms with E-state index in [2.05, 4.69) is 4.90 Å². The van der Waals surface area contributed by atoms with Crippen molar-refractivity contribution in [3.05, 3.63) is 59.4 Å². The second-order valence-corrected chi connectivity index (χ2v) is 9.60. The highest BCUT2D eigenvalue weighted by molar-refractivity contribution is 7.89. The minimum absolute atomic E-state index is 0.0870. The predicted molar refractivity (Wildman–Crippen MR) is 111 cm³/mol. The van der Waals surface area contributed by atoms with Gasteiger partial charge >= 0.3 is 0 Å². The molecule has 8 heteroatoms. The summed E-state index contributed by atoms with van der Waals surface area (Å²) >= 11 is 0. The molecule has 0 spiro atoms. The molecule has 0 radical (unpaired) electrons. The molecule has 156 valence electrons. The Balaban J connectivity index is 1.97. The van der Waals surface area contributed by atoms with Gasteiger partial charge in [-0.3, -0.25) is 4.79 Å². The maximum atomic E-state index is 13.3. The Morgan fingerprint density at radius 3 is 2.24 bits per heavy atom. The fourth-order valence-electron chi connectivity index (χ4n) is 3.43. The molecule has 1 aliphatic rings. The molecule has 0 saturated carbocycles. The minimum atomic E-state index is -3.66. The molecule has 2 aromatic rings. The fraction of sp³-hybridized carbons (Fsp3) is 0.381. The third kappa shape index (κ3) is 4.59. The quantitative estimate of drug-likeness (QED) is 0.722. The predicted octanol–water partition coefficient (Wildman–Crippen LogP) is 2.95. The molecule has 3 rings (SSSR count). The van der Waals surface area contributed by atoms with Gasteiger partial charge in [-0.1, -0.05) is 12.1 Å². The highest BCUT2D eigenvalue weighted by Gasteiger charge is 2.26. The second kappa shape index (κ2) is 8.51. The number of carbonyl (C=O) groups excluding carboxylic acids is 1. The normalized spacial score (nSPS) is 14.4. The lowest BCUT2D eigenvalue weighted by Crippen LogP contribution is -2.30. The lowest BCUT2D eigenvalue weighted by atomic mass is 10.1. The number of anilines is 1. The Kier molecular flexibility index (Phi) is 6.24. The summed E-state index contributed by atoms with van der Waals surface area (Å²) < 4.78 is 39.4. The van der Waals surface area contributed by atoms with Crippen molar-refractivity contribution in [3.8, 4) is 0 Å². The van der Waals surface area contributed by atoms with Crippen LogP contribution in [-0.2, 0) is 16.6 Å². The lowest BCUT2D eigenvalue weighted by Gasteiger charge is -2.25. The summed E-state index contributed by atoms with van der Waals surface area (Å²) in [4.78, 5) is 17.0. The molecule has 29 heavy (non-hydrogen) atoms. The van der Waals surface area contributed by atoms with E-state index < -0.39 is 10.0 Å². The molecular formula is C21H26FN3O3S. The van der Waals surface area contributed by atoms with Crippen LogP contribution in [0.4, 0.5) is 10.1 Å². The number of hydrogen-bond acceptors (Lipinski definition) is 4. The Hall–Kier alpha value is -2.45. The largest absolute Gasteiger partial charge is 0.371 e. The van der Waals surface area contributed by atoms with Crippen molar-refractivity contribution in [2.45, 2.75) is 24.3 Å². The van der Waals surface area contributed by atoms with Gasteiger partial charge in [-0.05, 0) is 48.7 Å². The molecule has 2 aromatic carbocycles. The van der Waals surface area contributed by atoms with Crippen LogP contribution >= 0.6 is 0 Å². The van der Waals surface area contributed by atoms with Crippen LogP contribution in [0.25, 0.3) is 0 Å². The lowest BCUT2D eigenvalue weighted by molar-refractivity contribution is 0.0785. The van der Waals surface area contributed by atoms with Crippen LogP contribution in [-0.4, -0.2) is 57.8 Å². The molecule has 1 fully saturated rings. The smallest absolute Gasteiger partial charge is 0.256 e. The van der Waals surface area contributed by atoms with E-state index in [-0.39, 0.29) is 16.6 Å². The molecule has 1 saturated heterocycles. The Morgan fingerprint density at radius 1 is 1.03 bits per heavy atom. The zero-order valence-electron chi connectivity index (χ0n) is 16.9. The van der Waals surface area contributed by atoms with Crippen molar-refractivity contribution in [3.63, 3.8) is 0 Å². The number of amides is 1. The Bertz CT molecular complexity index is 985. The SMILES string of the molecule is CN(Cc1ccc(F)cc1)C(=O)c1cc(S(=O)(=O)N(C)C)ccc1N1CCCC1. The maximum absolute atomic E-state index is 13.3. The van der Waals surface area contributed by atoms with Crippen molar-refractivity contribution in [1.82, 2.24) is 9.21 Å². The molecule has 1 aliphatic heterocycles. The van der Waals surface area contributed by atoms with Crippen LogP contribution < -0.4 is 4.90 Å². The second-order valence-electron chi connectivity index (χ2n) is 7.45. The molecule has 1 amide bonds. The van der Waals surface area contributed by atoms with Crippen LogP contribution in [0.3, 0.4) is 0 Å². The summed E-state index contributed by atoms with van der Waals surface area (Å²) in [5.41, 5.74) is 1.90. The monoisotopic (exact) mass is 419 g/mol. The number of benzene rings is 2. The first-order valence-electron chi connectivity index (χ1n) is 9.51. The van der Waals surface area contributed by atoms with E-state index in [9.17, 15) is 17.6 Å². The number of hydrogen-bond donors (Lipinski definition) is 0. The van der Waals surface area contributed by atoms with Gasteiger partial charge in [0.25, 0.3) is 5.91 Å². The van der Waals surface area contributed by atoms with Gasteiger partial charge in [0.1, 0.15) is 5.82 Å².